The third kappa shape index (κ3) is 3.74. The highest BCUT2D eigenvalue weighted by molar-refractivity contribution is 7.80. The van der Waals surface area contributed by atoms with Crippen LogP contribution in [0.4, 0.5) is 0 Å². The molecule has 0 aromatic carbocycles. The van der Waals surface area contributed by atoms with Gasteiger partial charge in [0.15, 0.2) is 0 Å². The van der Waals surface area contributed by atoms with E-state index in [4.69, 9.17) is 10.5 Å². The van der Waals surface area contributed by atoms with Gasteiger partial charge in [-0.25, -0.2) is 0 Å². The van der Waals surface area contributed by atoms with Gasteiger partial charge in [0.25, 0.3) is 0 Å². The second kappa shape index (κ2) is 4.57. The maximum Gasteiger partial charge on any atom is 0.302 e. The number of thiol groups is 1. The van der Waals surface area contributed by atoms with E-state index in [1.807, 2.05) is 0 Å². The number of hydrogen-bond acceptors (Lipinski definition) is 4. The van der Waals surface area contributed by atoms with Crippen molar-refractivity contribution in [3.63, 3.8) is 0 Å². The first-order chi connectivity index (χ1) is 4.57. The number of esters is 1. The maximum atomic E-state index is 10.4. The maximum absolute atomic E-state index is 10.4. The first kappa shape index (κ1) is 9.78. The lowest BCUT2D eigenvalue weighted by atomic mass is 10.2. The molecule has 0 saturated heterocycles. The van der Waals surface area contributed by atoms with Crippen LogP contribution in [-0.2, 0) is 9.53 Å². The van der Waals surface area contributed by atoms with E-state index < -0.39 is 0 Å². The van der Waals surface area contributed by atoms with Gasteiger partial charge in [0.2, 0.25) is 0 Å². The molecular formula is C6H13NO2S. The Balaban J connectivity index is 3.71. The lowest BCUT2D eigenvalue weighted by Crippen LogP contribution is -2.36. The molecule has 0 amide bonds. The normalized spacial score (nSPS) is 16.0. The molecule has 0 heterocycles. The first-order valence-corrected chi connectivity index (χ1v) is 3.74. The summed E-state index contributed by atoms with van der Waals surface area (Å²) < 4.78 is 4.82. The molecule has 0 spiro atoms. The zero-order chi connectivity index (χ0) is 8.15. The van der Waals surface area contributed by atoms with Gasteiger partial charge < -0.3 is 10.5 Å². The lowest BCUT2D eigenvalue weighted by Gasteiger charge is -2.17. The van der Waals surface area contributed by atoms with Gasteiger partial charge >= 0.3 is 5.97 Å². The van der Waals surface area contributed by atoms with Gasteiger partial charge in [-0.15, -0.1) is 0 Å². The summed E-state index contributed by atoms with van der Waals surface area (Å²) in [4.78, 5) is 10.4. The van der Waals surface area contributed by atoms with Crippen molar-refractivity contribution in [3.8, 4) is 0 Å². The summed E-state index contributed by atoms with van der Waals surface area (Å²) in [6.45, 7) is 3.14. The van der Waals surface area contributed by atoms with Gasteiger partial charge in [0.05, 0.1) is 0 Å². The summed E-state index contributed by atoms with van der Waals surface area (Å²) >= 11 is 3.97. The third-order valence-corrected chi connectivity index (χ3v) is 1.44. The van der Waals surface area contributed by atoms with Crippen LogP contribution < -0.4 is 5.73 Å². The van der Waals surface area contributed by atoms with Crippen LogP contribution in [0.25, 0.3) is 0 Å². The van der Waals surface area contributed by atoms with Crippen molar-refractivity contribution < 1.29 is 9.53 Å². The van der Waals surface area contributed by atoms with Crippen LogP contribution in [0.15, 0.2) is 0 Å². The second-order valence-corrected chi connectivity index (χ2v) is 2.55. The van der Waals surface area contributed by atoms with Gasteiger partial charge in [-0.05, 0) is 6.92 Å². The molecule has 0 bridgehead atoms. The Morgan fingerprint density at radius 2 is 2.30 bits per heavy atom. The van der Waals surface area contributed by atoms with Gasteiger partial charge in [-0.1, -0.05) is 0 Å². The number of ether oxygens (including phenoxy) is 1. The van der Waals surface area contributed by atoms with Crippen LogP contribution in [0.5, 0.6) is 0 Å². The zero-order valence-electron chi connectivity index (χ0n) is 6.20. The first-order valence-electron chi connectivity index (χ1n) is 3.11. The van der Waals surface area contributed by atoms with E-state index in [-0.39, 0.29) is 18.1 Å². The van der Waals surface area contributed by atoms with E-state index in [0.29, 0.717) is 5.75 Å². The fraction of sp³-hybridized carbons (Fsp3) is 0.833. The van der Waals surface area contributed by atoms with E-state index in [0.717, 1.165) is 0 Å². The predicted molar refractivity (Wildman–Crippen MR) is 43.1 cm³/mol. The molecule has 2 atom stereocenters. The van der Waals surface area contributed by atoms with Crippen LogP contribution in [0.2, 0.25) is 0 Å². The van der Waals surface area contributed by atoms with Crippen LogP contribution >= 0.6 is 12.6 Å². The minimum atomic E-state index is -0.309. The Kier molecular flexibility index (Phi) is 4.47. The van der Waals surface area contributed by atoms with Crippen molar-refractivity contribution in [1.82, 2.24) is 0 Å². The van der Waals surface area contributed by atoms with Gasteiger partial charge in [0.1, 0.15) is 6.10 Å². The molecule has 0 aliphatic heterocycles. The van der Waals surface area contributed by atoms with Gasteiger partial charge in [-0.2, -0.15) is 12.6 Å². The van der Waals surface area contributed by atoms with Crippen LogP contribution in [-0.4, -0.2) is 23.9 Å². The number of carbonyl (C=O) groups excluding carboxylic acids is 1. The smallest absolute Gasteiger partial charge is 0.302 e. The topological polar surface area (TPSA) is 52.3 Å². The Morgan fingerprint density at radius 1 is 1.80 bits per heavy atom. The monoisotopic (exact) mass is 163 g/mol. The molecule has 2 N–H and O–H groups in total. The molecule has 2 unspecified atom stereocenters. The van der Waals surface area contributed by atoms with Crippen molar-refractivity contribution >= 4 is 18.6 Å². The molecular weight excluding hydrogens is 150 g/mol. The lowest BCUT2D eigenvalue weighted by molar-refractivity contribution is -0.145. The molecule has 0 rings (SSSR count). The van der Waals surface area contributed by atoms with E-state index in [9.17, 15) is 4.79 Å². The molecule has 0 aromatic rings. The van der Waals surface area contributed by atoms with Crippen LogP contribution in [0.3, 0.4) is 0 Å². The molecule has 0 aromatic heterocycles. The predicted octanol–water partition coefficient (Wildman–Crippen LogP) is 0.195. The molecule has 0 aliphatic carbocycles. The quantitative estimate of drug-likeness (QED) is 0.461. The molecule has 0 fully saturated rings. The standard InChI is InChI=1S/C6H13NO2S/c1-4(7)6(3-10)9-5(2)8/h4,6,10H,3,7H2,1-2H3. The van der Waals surface area contributed by atoms with Crippen LogP contribution in [0.1, 0.15) is 13.8 Å². The summed E-state index contributed by atoms with van der Waals surface area (Å²) in [7, 11) is 0. The minimum absolute atomic E-state index is 0.151. The van der Waals surface area contributed by atoms with Gasteiger partial charge in [-0.3, -0.25) is 4.79 Å². The Bertz CT molecular complexity index is 116. The summed E-state index contributed by atoms with van der Waals surface area (Å²) in [6.07, 6.45) is -0.263. The van der Waals surface area contributed by atoms with E-state index in [2.05, 4.69) is 12.6 Å². The Hall–Kier alpha value is -0.220. The molecule has 10 heavy (non-hydrogen) atoms. The van der Waals surface area contributed by atoms with Crippen molar-refractivity contribution in [3.05, 3.63) is 0 Å². The summed E-state index contributed by atoms with van der Waals surface area (Å²) in [6, 6.07) is -0.151. The number of hydrogen-bond donors (Lipinski definition) is 2. The van der Waals surface area contributed by atoms with Crippen molar-refractivity contribution in [2.24, 2.45) is 5.73 Å². The van der Waals surface area contributed by atoms with E-state index in [1.165, 1.54) is 6.92 Å². The summed E-state index contributed by atoms with van der Waals surface area (Å²) in [5, 5.41) is 0. The SMILES string of the molecule is CC(=O)OC(CS)C(C)N. The molecule has 0 radical (unpaired) electrons. The molecule has 3 nitrogen and oxygen atoms in total. The highest BCUT2D eigenvalue weighted by atomic mass is 32.1. The Morgan fingerprint density at radius 3 is 2.40 bits per heavy atom. The van der Waals surface area contributed by atoms with Crippen molar-refractivity contribution in [2.45, 2.75) is 26.0 Å². The highest BCUT2D eigenvalue weighted by Gasteiger charge is 2.13. The zero-order valence-corrected chi connectivity index (χ0v) is 7.10. The summed E-state index contributed by atoms with van der Waals surface area (Å²) in [5.74, 6) is 0.161. The number of nitrogens with two attached hydrogens (primary N) is 1. The van der Waals surface area contributed by atoms with Crippen molar-refractivity contribution in [2.75, 3.05) is 5.75 Å². The average molecular weight is 163 g/mol. The second-order valence-electron chi connectivity index (χ2n) is 2.19. The highest BCUT2D eigenvalue weighted by Crippen LogP contribution is 1.99. The van der Waals surface area contributed by atoms with E-state index >= 15 is 0 Å². The average Bonchev–Trinajstić information content (AvgIpc) is 1.81. The molecule has 60 valence electrons. The minimum Gasteiger partial charge on any atom is -0.460 e. The number of carbonyl (C=O) groups is 1. The fourth-order valence-corrected chi connectivity index (χ4v) is 0.931. The summed E-state index contributed by atoms with van der Waals surface area (Å²) in [5.41, 5.74) is 5.47. The molecule has 0 saturated carbocycles. The molecule has 0 aliphatic rings. The van der Waals surface area contributed by atoms with Crippen molar-refractivity contribution in [1.29, 1.82) is 0 Å². The third-order valence-electron chi connectivity index (χ3n) is 1.08. The fourth-order valence-electron chi connectivity index (χ4n) is 0.524. The van der Waals surface area contributed by atoms with Crippen LogP contribution in [0, 0.1) is 0 Å². The largest absolute Gasteiger partial charge is 0.460 e. The van der Waals surface area contributed by atoms with E-state index in [1.54, 1.807) is 6.92 Å². The number of rotatable bonds is 3. The van der Waals surface area contributed by atoms with Gasteiger partial charge in [0, 0.05) is 18.7 Å². The Labute approximate surface area is 66.3 Å². The molecule has 4 heteroatoms.